The third kappa shape index (κ3) is 4.23. The van der Waals surface area contributed by atoms with Crippen molar-refractivity contribution in [1.82, 2.24) is 4.90 Å². The number of carbonyl (C=O) groups excluding carboxylic acids is 1. The molecule has 0 saturated heterocycles. The highest BCUT2D eigenvalue weighted by atomic mass is 79.9. The minimum atomic E-state index is -0.105. The first kappa shape index (κ1) is 15.4. The van der Waals surface area contributed by atoms with Gasteiger partial charge >= 0.3 is 0 Å². The van der Waals surface area contributed by atoms with E-state index in [0.29, 0.717) is 35.1 Å². The van der Waals surface area contributed by atoms with E-state index in [1.807, 2.05) is 6.92 Å². The van der Waals surface area contributed by atoms with E-state index in [1.54, 1.807) is 23.1 Å². The number of benzene rings is 1. The van der Waals surface area contributed by atoms with Crippen LogP contribution in [0.3, 0.4) is 0 Å². The molecule has 2 N–H and O–H groups in total. The number of carbonyl (C=O) groups is 1. The fourth-order valence-electron chi connectivity index (χ4n) is 1.48. The number of amides is 1. The second-order valence-electron chi connectivity index (χ2n) is 3.73. The second kappa shape index (κ2) is 7.07. The molecule has 0 aliphatic rings. The van der Waals surface area contributed by atoms with E-state index in [9.17, 15) is 4.79 Å². The zero-order valence-corrected chi connectivity index (χ0v) is 13.1. The fourth-order valence-corrected chi connectivity index (χ4v) is 2.33. The number of hydrogen-bond acceptors (Lipinski definition) is 2. The number of halogens is 2. The van der Waals surface area contributed by atoms with Crippen LogP contribution in [0.15, 0.2) is 22.7 Å². The summed E-state index contributed by atoms with van der Waals surface area (Å²) in [5.74, 6) is -0.105. The van der Waals surface area contributed by atoms with Crippen LogP contribution < -0.4 is 5.73 Å². The van der Waals surface area contributed by atoms with Gasteiger partial charge in [-0.1, -0.05) is 39.7 Å². The van der Waals surface area contributed by atoms with E-state index in [2.05, 4.69) is 15.9 Å². The van der Waals surface area contributed by atoms with Gasteiger partial charge in [-0.3, -0.25) is 4.79 Å². The van der Waals surface area contributed by atoms with Gasteiger partial charge in [0.2, 0.25) is 0 Å². The van der Waals surface area contributed by atoms with Crippen LogP contribution in [0.1, 0.15) is 23.7 Å². The second-order valence-corrected chi connectivity index (χ2v) is 5.57. The quantitative estimate of drug-likeness (QED) is 0.830. The van der Waals surface area contributed by atoms with Crippen molar-refractivity contribution >= 4 is 50.6 Å². The van der Waals surface area contributed by atoms with Crippen LogP contribution in [-0.4, -0.2) is 28.9 Å². The molecule has 0 fully saturated rings. The Morgan fingerprint density at radius 3 is 2.72 bits per heavy atom. The van der Waals surface area contributed by atoms with Gasteiger partial charge in [-0.2, -0.15) is 0 Å². The molecule has 0 atom stereocenters. The lowest BCUT2D eigenvalue weighted by Gasteiger charge is -2.21. The summed E-state index contributed by atoms with van der Waals surface area (Å²) in [4.78, 5) is 14.3. The van der Waals surface area contributed by atoms with Gasteiger partial charge in [-0.05, 0) is 25.1 Å². The number of rotatable bonds is 5. The normalized spacial score (nSPS) is 10.2. The van der Waals surface area contributed by atoms with Gasteiger partial charge in [0.25, 0.3) is 5.91 Å². The standard InChI is InChI=1S/C12H14BrClN2OS/c1-2-16(6-5-11(15)18)12(17)9-4-3-8(13)7-10(9)14/h3-4,7H,2,5-6H2,1H3,(H2,15,18). The molecule has 0 saturated carbocycles. The molecule has 1 rings (SSSR count). The Balaban J connectivity index is 2.86. The summed E-state index contributed by atoms with van der Waals surface area (Å²) in [5.41, 5.74) is 5.94. The molecule has 6 heteroatoms. The maximum Gasteiger partial charge on any atom is 0.255 e. The minimum Gasteiger partial charge on any atom is -0.393 e. The molecule has 1 amide bonds. The summed E-state index contributed by atoms with van der Waals surface area (Å²) in [7, 11) is 0. The molecule has 0 bridgehead atoms. The first-order valence-electron chi connectivity index (χ1n) is 5.48. The molecular weight excluding hydrogens is 336 g/mol. The van der Waals surface area contributed by atoms with Crippen molar-refractivity contribution in [3.63, 3.8) is 0 Å². The van der Waals surface area contributed by atoms with Crippen LogP contribution in [0.2, 0.25) is 5.02 Å². The lowest BCUT2D eigenvalue weighted by Crippen LogP contribution is -2.33. The summed E-state index contributed by atoms with van der Waals surface area (Å²) >= 11 is 14.2. The molecule has 0 aliphatic heterocycles. The summed E-state index contributed by atoms with van der Waals surface area (Å²) in [6.45, 7) is 3.01. The van der Waals surface area contributed by atoms with Gasteiger partial charge in [0.05, 0.1) is 15.6 Å². The molecule has 0 aromatic heterocycles. The smallest absolute Gasteiger partial charge is 0.255 e. The average molecular weight is 350 g/mol. The Labute approximate surface area is 125 Å². The van der Waals surface area contributed by atoms with Crippen LogP contribution in [0, 0.1) is 0 Å². The number of nitrogens with zero attached hydrogens (tertiary/aromatic N) is 1. The molecule has 3 nitrogen and oxygen atoms in total. The summed E-state index contributed by atoms with van der Waals surface area (Å²) < 4.78 is 0.843. The highest BCUT2D eigenvalue weighted by Crippen LogP contribution is 2.22. The van der Waals surface area contributed by atoms with Crippen LogP contribution in [0.4, 0.5) is 0 Å². The summed E-state index contributed by atoms with van der Waals surface area (Å²) in [5, 5.41) is 0.433. The predicted octanol–water partition coefficient (Wildman–Crippen LogP) is 3.24. The Morgan fingerprint density at radius 1 is 1.56 bits per heavy atom. The SMILES string of the molecule is CCN(CCC(N)=S)C(=O)c1ccc(Br)cc1Cl. The van der Waals surface area contributed by atoms with E-state index in [-0.39, 0.29) is 5.91 Å². The van der Waals surface area contributed by atoms with E-state index >= 15 is 0 Å². The van der Waals surface area contributed by atoms with Gasteiger partial charge in [0, 0.05) is 24.0 Å². The third-order valence-corrected chi connectivity index (χ3v) is 3.47. The molecule has 0 aliphatic carbocycles. The minimum absolute atomic E-state index is 0.105. The van der Waals surface area contributed by atoms with Crippen LogP contribution in [0.5, 0.6) is 0 Å². The number of thiocarbonyl (C=S) groups is 1. The van der Waals surface area contributed by atoms with E-state index in [4.69, 9.17) is 29.6 Å². The zero-order chi connectivity index (χ0) is 13.7. The molecule has 1 aromatic carbocycles. The largest absolute Gasteiger partial charge is 0.393 e. The molecule has 1 aromatic rings. The monoisotopic (exact) mass is 348 g/mol. The molecule has 0 unspecified atom stereocenters. The Bertz CT molecular complexity index is 467. The van der Waals surface area contributed by atoms with Crippen molar-refractivity contribution in [3.05, 3.63) is 33.3 Å². The molecule has 18 heavy (non-hydrogen) atoms. The summed E-state index contributed by atoms with van der Waals surface area (Å²) in [6.07, 6.45) is 0.517. The topological polar surface area (TPSA) is 46.3 Å². The van der Waals surface area contributed by atoms with Gasteiger partial charge in [-0.25, -0.2) is 0 Å². The van der Waals surface area contributed by atoms with Gasteiger partial charge in [0.1, 0.15) is 0 Å². The van der Waals surface area contributed by atoms with Crippen molar-refractivity contribution in [3.8, 4) is 0 Å². The van der Waals surface area contributed by atoms with Gasteiger partial charge < -0.3 is 10.6 Å². The van der Waals surface area contributed by atoms with Crippen LogP contribution >= 0.6 is 39.7 Å². The van der Waals surface area contributed by atoms with Crippen LogP contribution in [0.25, 0.3) is 0 Å². The average Bonchev–Trinajstić information content (AvgIpc) is 2.29. The molecule has 98 valence electrons. The zero-order valence-electron chi connectivity index (χ0n) is 9.95. The van der Waals surface area contributed by atoms with Crippen LogP contribution in [-0.2, 0) is 0 Å². The Hall–Kier alpha value is -0.650. The first-order valence-corrected chi connectivity index (χ1v) is 7.06. The van der Waals surface area contributed by atoms with E-state index in [1.165, 1.54) is 0 Å². The Kier molecular flexibility index (Phi) is 6.05. The lowest BCUT2D eigenvalue weighted by molar-refractivity contribution is 0.0769. The van der Waals surface area contributed by atoms with E-state index < -0.39 is 0 Å². The first-order chi connectivity index (χ1) is 8.45. The maximum absolute atomic E-state index is 12.3. The lowest BCUT2D eigenvalue weighted by atomic mass is 10.2. The number of nitrogens with two attached hydrogens (primary N) is 1. The van der Waals surface area contributed by atoms with Crippen molar-refractivity contribution in [2.75, 3.05) is 13.1 Å². The van der Waals surface area contributed by atoms with Crippen molar-refractivity contribution < 1.29 is 4.79 Å². The van der Waals surface area contributed by atoms with Crippen molar-refractivity contribution in [2.45, 2.75) is 13.3 Å². The highest BCUT2D eigenvalue weighted by Gasteiger charge is 2.17. The molecular formula is C12H14BrClN2OS. The Morgan fingerprint density at radius 2 is 2.22 bits per heavy atom. The highest BCUT2D eigenvalue weighted by molar-refractivity contribution is 9.10. The maximum atomic E-state index is 12.3. The fraction of sp³-hybridized carbons (Fsp3) is 0.333. The van der Waals surface area contributed by atoms with Crippen molar-refractivity contribution in [1.29, 1.82) is 0 Å². The number of hydrogen-bond donors (Lipinski definition) is 1. The third-order valence-electron chi connectivity index (χ3n) is 2.46. The molecule has 0 spiro atoms. The van der Waals surface area contributed by atoms with Crippen molar-refractivity contribution in [2.24, 2.45) is 5.73 Å². The van der Waals surface area contributed by atoms with Gasteiger partial charge in [-0.15, -0.1) is 0 Å². The molecule has 0 radical (unpaired) electrons. The van der Waals surface area contributed by atoms with E-state index in [0.717, 1.165) is 4.47 Å². The van der Waals surface area contributed by atoms with Gasteiger partial charge in [0.15, 0.2) is 0 Å². The molecule has 0 heterocycles. The predicted molar refractivity (Wildman–Crippen MR) is 82.1 cm³/mol. The summed E-state index contributed by atoms with van der Waals surface area (Å²) in [6, 6.07) is 5.20.